The zero-order chi connectivity index (χ0) is 30.5. The molecule has 228 valence electrons. The second kappa shape index (κ2) is 13.5. The van der Waals surface area contributed by atoms with Gasteiger partial charge in [-0.05, 0) is 29.8 Å². The van der Waals surface area contributed by atoms with Gasteiger partial charge in [0.2, 0.25) is 5.91 Å². The van der Waals surface area contributed by atoms with Crippen molar-refractivity contribution in [2.45, 2.75) is 43.8 Å². The van der Waals surface area contributed by atoms with Crippen molar-refractivity contribution in [1.29, 1.82) is 0 Å². The summed E-state index contributed by atoms with van der Waals surface area (Å²) in [4.78, 5) is 35.0. The number of halogens is 2. The maximum absolute atomic E-state index is 13.9. The Hall–Kier alpha value is -3.44. The molecule has 2 saturated heterocycles. The van der Waals surface area contributed by atoms with Gasteiger partial charge in [0.1, 0.15) is 29.1 Å². The highest BCUT2D eigenvalue weighted by molar-refractivity contribution is 6.32. The summed E-state index contributed by atoms with van der Waals surface area (Å²) in [5.41, 5.74) is -0.0446. The van der Waals surface area contributed by atoms with Gasteiger partial charge in [-0.25, -0.2) is 9.97 Å². The van der Waals surface area contributed by atoms with Crippen LogP contribution in [0.2, 0.25) is 10.0 Å². The third kappa shape index (κ3) is 7.21. The van der Waals surface area contributed by atoms with E-state index < -0.39 is 5.54 Å². The molecule has 3 aromatic rings. The third-order valence-corrected chi connectivity index (χ3v) is 9.38. The van der Waals surface area contributed by atoms with E-state index in [4.69, 9.17) is 32.7 Å². The highest BCUT2D eigenvalue weighted by Gasteiger charge is 2.49. The van der Waals surface area contributed by atoms with Crippen molar-refractivity contribution in [2.24, 2.45) is 0 Å². The Morgan fingerprint density at radius 3 is 2.35 bits per heavy atom. The van der Waals surface area contributed by atoms with E-state index in [0.717, 1.165) is 43.5 Å². The van der Waals surface area contributed by atoms with Gasteiger partial charge in [-0.2, -0.15) is 0 Å². The maximum Gasteiger partial charge on any atom is 0.255 e. The van der Waals surface area contributed by atoms with Gasteiger partial charge in [0.05, 0.1) is 43.9 Å². The van der Waals surface area contributed by atoms with E-state index in [9.17, 15) is 9.59 Å². The molecule has 2 amide bonds. The van der Waals surface area contributed by atoms with Crippen LogP contribution < -0.4 is 25.4 Å². The van der Waals surface area contributed by atoms with Crippen LogP contribution >= 0.6 is 23.2 Å². The largest absolute Gasteiger partial charge is 0.497 e. The highest BCUT2D eigenvalue weighted by Crippen LogP contribution is 2.35. The minimum atomic E-state index is -1.07. The lowest BCUT2D eigenvalue weighted by molar-refractivity contribution is -0.939. The zero-order valence-electron chi connectivity index (χ0n) is 24.4. The van der Waals surface area contributed by atoms with Gasteiger partial charge in [-0.1, -0.05) is 29.3 Å². The number of hydrogen-bond acceptors (Lipinski definition) is 7. The number of carbonyl (C=O) groups excluding carboxylic acids is 2. The summed E-state index contributed by atoms with van der Waals surface area (Å²) < 4.78 is 12.0. The average Bonchev–Trinajstić information content (AvgIpc) is 3.03. The lowest BCUT2D eigenvalue weighted by Gasteiger charge is -2.50. The Kier molecular flexibility index (Phi) is 9.71. The fourth-order valence-electron chi connectivity index (χ4n) is 5.94. The number of rotatable bonds is 9. The van der Waals surface area contributed by atoms with Crippen LogP contribution in [0.25, 0.3) is 0 Å². The number of carbonyl (C=O) groups is 2. The van der Waals surface area contributed by atoms with Crippen molar-refractivity contribution >= 4 is 35.0 Å². The van der Waals surface area contributed by atoms with E-state index in [1.54, 1.807) is 43.5 Å². The number of amides is 2. The molecule has 2 fully saturated rings. The van der Waals surface area contributed by atoms with Crippen molar-refractivity contribution in [3.63, 3.8) is 0 Å². The number of quaternary nitrogens is 1. The van der Waals surface area contributed by atoms with E-state index in [0.29, 0.717) is 57.3 Å². The summed E-state index contributed by atoms with van der Waals surface area (Å²) in [7, 11) is 3.84. The van der Waals surface area contributed by atoms with Gasteiger partial charge in [-0.3, -0.25) is 9.59 Å². The Morgan fingerprint density at radius 1 is 1.02 bits per heavy atom. The molecule has 1 aromatic heterocycles. The quantitative estimate of drug-likeness (QED) is 0.302. The molecule has 12 heteroatoms. The molecule has 2 aliphatic heterocycles. The van der Waals surface area contributed by atoms with Gasteiger partial charge in [0, 0.05) is 68.8 Å². The normalized spacial score (nSPS) is 22.4. The van der Waals surface area contributed by atoms with Crippen LogP contribution in [-0.4, -0.2) is 78.2 Å². The Balaban J connectivity index is 1.28. The SMILES string of the molecule is COc1ccc(Oc2ccc(CNC(=O)C3(NC(=O)c4cncnc4)CC[N+](C)(C4CCNCC4)CC3)c(Cl)c2)c(Cl)c1. The molecule has 0 spiro atoms. The first-order valence-corrected chi connectivity index (χ1v) is 15.2. The number of hydrogen-bond donors (Lipinski definition) is 3. The summed E-state index contributed by atoms with van der Waals surface area (Å²) >= 11 is 12.9. The molecule has 0 radical (unpaired) electrons. The van der Waals surface area contributed by atoms with Crippen LogP contribution in [0.5, 0.6) is 17.2 Å². The molecule has 0 unspecified atom stereocenters. The summed E-state index contributed by atoms with van der Waals surface area (Å²) in [5, 5.41) is 10.4. The average molecular weight is 629 g/mol. The standard InChI is InChI=1S/C31H36Cl2N6O4/c1-39(23-7-11-34-12-8-23)13-9-31(10-14-39,38-29(40)22-17-35-20-36-18-22)30(41)37-19-21-3-4-25(16-26(21)32)43-28-6-5-24(42-2)15-27(28)33/h3-6,15-18,20,23,34H,7-14,19H2,1-2H3,(H-,37,38,40,41)/p+1. The van der Waals surface area contributed by atoms with Gasteiger partial charge in [-0.15, -0.1) is 0 Å². The number of likely N-dealkylation sites (tertiary alicyclic amines) is 1. The first-order chi connectivity index (χ1) is 20.7. The van der Waals surface area contributed by atoms with E-state index in [1.807, 2.05) is 0 Å². The van der Waals surface area contributed by atoms with E-state index in [2.05, 4.69) is 33.0 Å². The summed E-state index contributed by atoms with van der Waals surface area (Å²) in [6, 6.07) is 10.9. The van der Waals surface area contributed by atoms with E-state index >= 15 is 0 Å². The van der Waals surface area contributed by atoms with Crippen LogP contribution in [-0.2, 0) is 11.3 Å². The molecule has 0 atom stereocenters. The molecule has 5 rings (SSSR count). The molecule has 2 aromatic carbocycles. The van der Waals surface area contributed by atoms with Gasteiger partial charge >= 0.3 is 0 Å². The van der Waals surface area contributed by atoms with Crippen molar-refractivity contribution in [3.8, 4) is 17.2 Å². The topological polar surface area (TPSA) is 114 Å². The fraction of sp³-hybridized carbons (Fsp3) is 0.419. The van der Waals surface area contributed by atoms with Crippen molar-refractivity contribution in [3.05, 3.63) is 76.3 Å². The summed E-state index contributed by atoms with van der Waals surface area (Å²) in [6.07, 6.45) is 7.51. The molecular weight excluding hydrogens is 591 g/mol. The van der Waals surface area contributed by atoms with Crippen LogP contribution in [0.1, 0.15) is 41.6 Å². The highest BCUT2D eigenvalue weighted by atomic mass is 35.5. The van der Waals surface area contributed by atoms with Crippen molar-refractivity contribution < 1.29 is 23.5 Å². The number of nitrogens with one attached hydrogen (secondary N) is 3. The predicted molar refractivity (Wildman–Crippen MR) is 165 cm³/mol. The number of aromatic nitrogens is 2. The first kappa shape index (κ1) is 31.0. The lowest BCUT2D eigenvalue weighted by atomic mass is 9.83. The molecule has 2 aliphatic rings. The van der Waals surface area contributed by atoms with Crippen LogP contribution in [0.3, 0.4) is 0 Å². The van der Waals surface area contributed by atoms with Crippen LogP contribution in [0.4, 0.5) is 0 Å². The van der Waals surface area contributed by atoms with Crippen molar-refractivity contribution in [2.75, 3.05) is 40.3 Å². The molecule has 3 heterocycles. The summed E-state index contributed by atoms with van der Waals surface area (Å²) in [5.74, 6) is 0.984. The molecule has 0 saturated carbocycles. The molecular formula is C31H37Cl2N6O4+. The lowest BCUT2D eigenvalue weighted by Crippen LogP contribution is -2.68. The maximum atomic E-state index is 13.9. The number of ether oxygens (including phenoxy) is 2. The number of benzene rings is 2. The second-order valence-electron chi connectivity index (χ2n) is 11.4. The monoisotopic (exact) mass is 627 g/mol. The Labute approximate surface area is 261 Å². The smallest absolute Gasteiger partial charge is 0.255 e. The van der Waals surface area contributed by atoms with E-state index in [-0.39, 0.29) is 18.4 Å². The zero-order valence-corrected chi connectivity index (χ0v) is 25.9. The number of piperidine rings is 2. The first-order valence-electron chi connectivity index (χ1n) is 14.4. The van der Waals surface area contributed by atoms with Gasteiger partial charge in [0.15, 0.2) is 0 Å². The minimum Gasteiger partial charge on any atom is -0.497 e. The number of methoxy groups -OCH3 is 1. The molecule has 10 nitrogen and oxygen atoms in total. The van der Waals surface area contributed by atoms with Crippen molar-refractivity contribution in [1.82, 2.24) is 25.9 Å². The Bertz CT molecular complexity index is 1440. The molecule has 3 N–H and O–H groups in total. The Morgan fingerprint density at radius 2 is 1.70 bits per heavy atom. The summed E-state index contributed by atoms with van der Waals surface area (Å²) in [6.45, 7) is 3.77. The molecule has 0 aliphatic carbocycles. The fourth-order valence-corrected chi connectivity index (χ4v) is 6.38. The van der Waals surface area contributed by atoms with Gasteiger partial charge in [0.25, 0.3) is 5.91 Å². The third-order valence-electron chi connectivity index (χ3n) is 8.73. The predicted octanol–water partition coefficient (Wildman–Crippen LogP) is 4.36. The van der Waals surface area contributed by atoms with Crippen LogP contribution in [0, 0.1) is 0 Å². The van der Waals surface area contributed by atoms with Gasteiger partial charge < -0.3 is 29.9 Å². The second-order valence-corrected chi connectivity index (χ2v) is 12.2. The molecule has 43 heavy (non-hydrogen) atoms. The number of nitrogens with zero attached hydrogens (tertiary/aromatic N) is 3. The minimum absolute atomic E-state index is 0.188. The van der Waals surface area contributed by atoms with E-state index in [1.165, 1.54) is 18.7 Å². The molecule has 0 bridgehead atoms. The van der Waals surface area contributed by atoms with Crippen LogP contribution in [0.15, 0.2) is 55.1 Å².